The Bertz CT molecular complexity index is 435. The number of rotatable bonds is 4. The number of pyridine rings is 1. The van der Waals surface area contributed by atoms with E-state index in [4.69, 9.17) is 5.73 Å². The second kappa shape index (κ2) is 4.90. The fourth-order valence-electron chi connectivity index (χ4n) is 1.67. The monoisotopic (exact) mass is 216 g/mol. The normalized spacial score (nSPS) is 12.6. The van der Waals surface area contributed by atoms with E-state index in [1.807, 2.05) is 29.2 Å². The lowest BCUT2D eigenvalue weighted by Gasteiger charge is -2.09. The average molecular weight is 216 g/mol. The average Bonchev–Trinajstić information content (AvgIpc) is 2.78. The number of hydrogen-bond acceptors (Lipinski definition) is 3. The minimum absolute atomic E-state index is 0.0116. The fourth-order valence-corrected chi connectivity index (χ4v) is 1.67. The van der Waals surface area contributed by atoms with Crippen LogP contribution in [-0.2, 0) is 13.0 Å². The summed E-state index contributed by atoms with van der Waals surface area (Å²) < 4.78 is 1.91. The Balaban J connectivity index is 2.05. The van der Waals surface area contributed by atoms with Crippen LogP contribution in [0, 0.1) is 0 Å². The highest BCUT2D eigenvalue weighted by Gasteiger charge is 2.07. The molecule has 1 atom stereocenters. The lowest BCUT2D eigenvalue weighted by Crippen LogP contribution is -2.12. The van der Waals surface area contributed by atoms with Crippen molar-refractivity contribution in [2.45, 2.75) is 25.9 Å². The minimum atomic E-state index is 0.0116. The predicted molar refractivity (Wildman–Crippen MR) is 62.8 cm³/mol. The van der Waals surface area contributed by atoms with Gasteiger partial charge in [0.1, 0.15) is 0 Å². The summed E-state index contributed by atoms with van der Waals surface area (Å²) in [6, 6.07) is 3.92. The highest BCUT2D eigenvalue weighted by atomic mass is 15.3. The predicted octanol–water partition coefficient (Wildman–Crippen LogP) is 1.54. The highest BCUT2D eigenvalue weighted by Crippen LogP contribution is 2.14. The SMILES string of the molecule is CCn1cc(CC(N)c2ccncc2)cn1. The van der Waals surface area contributed by atoms with Gasteiger partial charge in [-0.05, 0) is 36.6 Å². The summed E-state index contributed by atoms with van der Waals surface area (Å²) in [5.41, 5.74) is 8.40. The van der Waals surface area contributed by atoms with Gasteiger partial charge in [0.25, 0.3) is 0 Å². The van der Waals surface area contributed by atoms with Crippen molar-refractivity contribution in [3.8, 4) is 0 Å². The Morgan fingerprint density at radius 1 is 1.38 bits per heavy atom. The first-order valence-electron chi connectivity index (χ1n) is 5.46. The summed E-state index contributed by atoms with van der Waals surface area (Å²) in [6.45, 7) is 2.96. The third-order valence-electron chi connectivity index (χ3n) is 2.60. The molecule has 0 aromatic carbocycles. The molecule has 1 unspecified atom stereocenters. The molecular formula is C12H16N4. The second-order valence-corrected chi connectivity index (χ2v) is 3.80. The summed E-state index contributed by atoms with van der Waals surface area (Å²) in [4.78, 5) is 3.98. The molecule has 0 bridgehead atoms. The summed E-state index contributed by atoms with van der Waals surface area (Å²) in [5.74, 6) is 0. The van der Waals surface area contributed by atoms with Gasteiger partial charge in [-0.1, -0.05) is 0 Å². The molecule has 0 amide bonds. The quantitative estimate of drug-likeness (QED) is 0.843. The van der Waals surface area contributed by atoms with Gasteiger partial charge in [-0.3, -0.25) is 9.67 Å². The van der Waals surface area contributed by atoms with Crippen molar-refractivity contribution in [3.05, 3.63) is 48.0 Å². The standard InChI is InChI=1S/C12H16N4/c1-2-16-9-10(8-15-16)7-12(13)11-3-5-14-6-4-11/h3-6,8-9,12H,2,7,13H2,1H3. The first-order chi connectivity index (χ1) is 7.79. The molecule has 0 aliphatic carbocycles. The molecule has 4 nitrogen and oxygen atoms in total. The maximum absolute atomic E-state index is 6.11. The van der Waals surface area contributed by atoms with Gasteiger partial charge in [0.15, 0.2) is 0 Å². The summed E-state index contributed by atoms with van der Waals surface area (Å²) >= 11 is 0. The van der Waals surface area contributed by atoms with Crippen LogP contribution >= 0.6 is 0 Å². The molecule has 16 heavy (non-hydrogen) atoms. The summed E-state index contributed by atoms with van der Waals surface area (Å²) in [7, 11) is 0. The molecule has 2 aromatic heterocycles. The van der Waals surface area contributed by atoms with E-state index in [1.165, 1.54) is 5.56 Å². The van der Waals surface area contributed by atoms with Crippen molar-refractivity contribution < 1.29 is 0 Å². The second-order valence-electron chi connectivity index (χ2n) is 3.80. The van der Waals surface area contributed by atoms with Crippen LogP contribution in [0.2, 0.25) is 0 Å². The molecule has 0 saturated carbocycles. The number of aromatic nitrogens is 3. The third kappa shape index (κ3) is 2.46. The van der Waals surface area contributed by atoms with Crippen molar-refractivity contribution in [3.63, 3.8) is 0 Å². The Kier molecular flexibility index (Phi) is 3.31. The summed E-state index contributed by atoms with van der Waals surface area (Å²) in [5, 5.41) is 4.23. The van der Waals surface area contributed by atoms with Crippen LogP contribution in [0.1, 0.15) is 24.1 Å². The third-order valence-corrected chi connectivity index (χ3v) is 2.60. The van der Waals surface area contributed by atoms with E-state index < -0.39 is 0 Å². The minimum Gasteiger partial charge on any atom is -0.324 e. The van der Waals surface area contributed by atoms with Crippen molar-refractivity contribution in [2.24, 2.45) is 5.73 Å². The molecule has 0 radical (unpaired) electrons. The Hall–Kier alpha value is -1.68. The molecule has 0 aliphatic heterocycles. The lowest BCUT2D eigenvalue weighted by atomic mass is 10.0. The van der Waals surface area contributed by atoms with E-state index >= 15 is 0 Å². The number of hydrogen-bond donors (Lipinski definition) is 1. The Labute approximate surface area is 95.1 Å². The maximum Gasteiger partial charge on any atom is 0.0522 e. The number of nitrogens with two attached hydrogens (primary N) is 1. The van der Waals surface area contributed by atoms with Crippen molar-refractivity contribution in [1.82, 2.24) is 14.8 Å². The van der Waals surface area contributed by atoms with Crippen molar-refractivity contribution in [2.75, 3.05) is 0 Å². The molecule has 2 rings (SSSR count). The molecule has 0 aliphatic rings. The van der Waals surface area contributed by atoms with Gasteiger partial charge in [0, 0.05) is 31.2 Å². The van der Waals surface area contributed by atoms with E-state index in [0.29, 0.717) is 0 Å². The maximum atomic E-state index is 6.11. The van der Waals surface area contributed by atoms with Crippen LogP contribution in [0.25, 0.3) is 0 Å². The molecule has 0 saturated heterocycles. The Morgan fingerprint density at radius 3 is 2.75 bits per heavy atom. The van der Waals surface area contributed by atoms with Gasteiger partial charge < -0.3 is 5.73 Å². The molecule has 84 valence electrons. The first-order valence-corrected chi connectivity index (χ1v) is 5.46. The van der Waals surface area contributed by atoms with Crippen LogP contribution in [0.15, 0.2) is 36.9 Å². The number of aryl methyl sites for hydroxylation is 1. The number of nitrogens with zero attached hydrogens (tertiary/aromatic N) is 3. The molecule has 2 N–H and O–H groups in total. The van der Waals surface area contributed by atoms with E-state index in [1.54, 1.807) is 12.4 Å². The van der Waals surface area contributed by atoms with Gasteiger partial charge in [0.2, 0.25) is 0 Å². The van der Waals surface area contributed by atoms with E-state index in [-0.39, 0.29) is 6.04 Å². The van der Waals surface area contributed by atoms with Crippen LogP contribution in [0.4, 0.5) is 0 Å². The van der Waals surface area contributed by atoms with Crippen LogP contribution in [0.3, 0.4) is 0 Å². The van der Waals surface area contributed by atoms with Crippen molar-refractivity contribution in [1.29, 1.82) is 0 Å². The molecule has 0 spiro atoms. The fraction of sp³-hybridized carbons (Fsp3) is 0.333. The highest BCUT2D eigenvalue weighted by molar-refractivity contribution is 5.18. The largest absolute Gasteiger partial charge is 0.324 e. The van der Waals surface area contributed by atoms with Gasteiger partial charge in [-0.2, -0.15) is 5.10 Å². The van der Waals surface area contributed by atoms with Crippen molar-refractivity contribution >= 4 is 0 Å². The topological polar surface area (TPSA) is 56.7 Å². The zero-order valence-corrected chi connectivity index (χ0v) is 9.37. The molecule has 4 heteroatoms. The van der Waals surface area contributed by atoms with E-state index in [9.17, 15) is 0 Å². The van der Waals surface area contributed by atoms with E-state index in [0.717, 1.165) is 18.5 Å². The first kappa shape index (κ1) is 10.8. The van der Waals surface area contributed by atoms with Gasteiger partial charge >= 0.3 is 0 Å². The summed E-state index contributed by atoms with van der Waals surface area (Å²) in [6.07, 6.45) is 8.27. The lowest BCUT2D eigenvalue weighted by molar-refractivity contribution is 0.657. The van der Waals surface area contributed by atoms with Gasteiger partial charge in [-0.25, -0.2) is 0 Å². The molecular weight excluding hydrogens is 200 g/mol. The van der Waals surface area contributed by atoms with E-state index in [2.05, 4.69) is 17.0 Å². The van der Waals surface area contributed by atoms with Crippen LogP contribution in [-0.4, -0.2) is 14.8 Å². The molecule has 2 heterocycles. The smallest absolute Gasteiger partial charge is 0.0522 e. The molecule has 2 aromatic rings. The zero-order valence-electron chi connectivity index (χ0n) is 9.37. The Morgan fingerprint density at radius 2 is 2.12 bits per heavy atom. The van der Waals surface area contributed by atoms with Gasteiger partial charge in [-0.15, -0.1) is 0 Å². The molecule has 0 fully saturated rings. The van der Waals surface area contributed by atoms with Crippen LogP contribution in [0.5, 0.6) is 0 Å². The van der Waals surface area contributed by atoms with Gasteiger partial charge in [0.05, 0.1) is 6.20 Å². The zero-order chi connectivity index (χ0) is 11.4. The van der Waals surface area contributed by atoms with Crippen LogP contribution < -0.4 is 5.73 Å².